The van der Waals surface area contributed by atoms with Crippen LogP contribution in [0.2, 0.25) is 0 Å². The average Bonchev–Trinajstić information content (AvgIpc) is 3.08. The molecule has 142 valence electrons. The highest BCUT2D eigenvalue weighted by molar-refractivity contribution is 7.91. The molecular formula is C17H29N3O4S. The molecule has 25 heavy (non-hydrogen) atoms. The van der Waals surface area contributed by atoms with E-state index in [0.717, 1.165) is 44.5 Å². The zero-order valence-electron chi connectivity index (χ0n) is 14.9. The van der Waals surface area contributed by atoms with Crippen molar-refractivity contribution in [1.82, 2.24) is 14.5 Å². The van der Waals surface area contributed by atoms with Crippen LogP contribution in [0, 0.1) is 5.92 Å². The Morgan fingerprint density at radius 1 is 1.40 bits per heavy atom. The zero-order chi connectivity index (χ0) is 17.9. The maximum absolute atomic E-state index is 12.8. The Kier molecular flexibility index (Phi) is 6.14. The fourth-order valence-electron chi connectivity index (χ4n) is 3.34. The number of rotatable bonds is 10. The molecule has 2 heterocycles. The summed E-state index contributed by atoms with van der Waals surface area (Å²) in [5, 5.41) is 9.39. The van der Waals surface area contributed by atoms with E-state index in [1.807, 2.05) is 11.5 Å². The Morgan fingerprint density at radius 3 is 2.80 bits per heavy atom. The number of imidazole rings is 1. The summed E-state index contributed by atoms with van der Waals surface area (Å²) in [5.74, 6) is 0.492. The fraction of sp³-hybridized carbons (Fsp3) is 0.824. The van der Waals surface area contributed by atoms with Gasteiger partial charge in [0.05, 0.1) is 36.9 Å². The molecule has 0 radical (unpaired) electrons. The first-order valence-corrected chi connectivity index (χ1v) is 10.9. The van der Waals surface area contributed by atoms with E-state index in [4.69, 9.17) is 4.74 Å². The van der Waals surface area contributed by atoms with Gasteiger partial charge in [0.15, 0.2) is 0 Å². The summed E-state index contributed by atoms with van der Waals surface area (Å²) in [6, 6.07) is 0. The van der Waals surface area contributed by atoms with Crippen molar-refractivity contribution in [3.8, 4) is 0 Å². The summed E-state index contributed by atoms with van der Waals surface area (Å²) in [6.45, 7) is 5.31. The van der Waals surface area contributed by atoms with Crippen LogP contribution in [0.4, 0.5) is 0 Å². The van der Waals surface area contributed by atoms with Gasteiger partial charge in [-0.25, -0.2) is 13.4 Å². The number of aromatic nitrogens is 2. The molecule has 7 nitrogen and oxygen atoms in total. The minimum atomic E-state index is -3.37. The minimum Gasteiger partial charge on any atom is -0.395 e. The van der Waals surface area contributed by atoms with Crippen LogP contribution in [0.3, 0.4) is 0 Å². The van der Waals surface area contributed by atoms with E-state index >= 15 is 0 Å². The maximum Gasteiger partial charge on any atom is 0.227 e. The quantitative estimate of drug-likeness (QED) is 0.662. The van der Waals surface area contributed by atoms with Gasteiger partial charge in [0.2, 0.25) is 15.0 Å². The number of ether oxygens (including phenoxy) is 1. The molecule has 0 spiro atoms. The van der Waals surface area contributed by atoms with Crippen molar-refractivity contribution < 1.29 is 18.3 Å². The molecule has 1 saturated heterocycles. The van der Waals surface area contributed by atoms with E-state index in [1.165, 1.54) is 0 Å². The molecule has 1 atom stereocenters. The van der Waals surface area contributed by atoms with E-state index in [-0.39, 0.29) is 23.6 Å². The molecule has 0 bridgehead atoms. The Balaban J connectivity index is 1.85. The van der Waals surface area contributed by atoms with E-state index in [9.17, 15) is 13.5 Å². The summed E-state index contributed by atoms with van der Waals surface area (Å²) < 4.78 is 33.2. The smallest absolute Gasteiger partial charge is 0.227 e. The Labute approximate surface area is 149 Å². The van der Waals surface area contributed by atoms with Crippen LogP contribution < -0.4 is 0 Å². The zero-order valence-corrected chi connectivity index (χ0v) is 15.7. The fourth-order valence-corrected chi connectivity index (χ4v) is 5.19. The second kappa shape index (κ2) is 8.16. The van der Waals surface area contributed by atoms with Gasteiger partial charge < -0.3 is 14.4 Å². The van der Waals surface area contributed by atoms with Crippen molar-refractivity contribution in [2.45, 2.75) is 57.0 Å². The van der Waals surface area contributed by atoms with Crippen molar-refractivity contribution in [2.24, 2.45) is 5.92 Å². The van der Waals surface area contributed by atoms with Crippen molar-refractivity contribution in [3.05, 3.63) is 11.9 Å². The van der Waals surface area contributed by atoms with Crippen LogP contribution >= 0.6 is 0 Å². The van der Waals surface area contributed by atoms with Crippen LogP contribution in [0.1, 0.15) is 38.3 Å². The third kappa shape index (κ3) is 4.81. The largest absolute Gasteiger partial charge is 0.395 e. The molecule has 2 aliphatic rings. The topological polar surface area (TPSA) is 84.7 Å². The molecule has 3 rings (SSSR count). The van der Waals surface area contributed by atoms with Gasteiger partial charge in [0.25, 0.3) is 0 Å². The van der Waals surface area contributed by atoms with Crippen molar-refractivity contribution in [1.29, 1.82) is 0 Å². The number of nitrogens with zero attached hydrogens (tertiary/aromatic N) is 3. The van der Waals surface area contributed by atoms with Gasteiger partial charge in [-0.05, 0) is 38.1 Å². The molecule has 1 unspecified atom stereocenters. The van der Waals surface area contributed by atoms with Gasteiger partial charge in [0, 0.05) is 19.7 Å². The summed E-state index contributed by atoms with van der Waals surface area (Å²) in [7, 11) is -3.37. The molecule has 1 aliphatic heterocycles. The lowest BCUT2D eigenvalue weighted by Crippen LogP contribution is -2.29. The Bertz CT molecular complexity index is 663. The van der Waals surface area contributed by atoms with Gasteiger partial charge in [-0.2, -0.15) is 0 Å². The number of likely N-dealkylation sites (N-methyl/N-ethyl adjacent to an activating group) is 1. The highest BCUT2D eigenvalue weighted by Gasteiger charge is 2.33. The molecule has 2 fully saturated rings. The summed E-state index contributed by atoms with van der Waals surface area (Å²) >= 11 is 0. The predicted octanol–water partition coefficient (Wildman–Crippen LogP) is 1.06. The molecule has 1 N–H and O–H groups in total. The lowest BCUT2D eigenvalue weighted by molar-refractivity contribution is 0.0930. The number of sulfone groups is 1. The summed E-state index contributed by atoms with van der Waals surface area (Å²) in [4.78, 5) is 6.37. The van der Waals surface area contributed by atoms with Gasteiger partial charge in [-0.3, -0.25) is 4.90 Å². The SMILES string of the molecule is CCN(CCO)Cc1cnc(S(=O)(=O)CC2CC2)n1CC1CCCO1. The van der Waals surface area contributed by atoms with Gasteiger partial charge >= 0.3 is 0 Å². The average molecular weight is 372 g/mol. The van der Waals surface area contributed by atoms with E-state index < -0.39 is 9.84 Å². The summed E-state index contributed by atoms with van der Waals surface area (Å²) in [6.07, 6.45) is 5.69. The lowest BCUT2D eigenvalue weighted by Gasteiger charge is -2.21. The normalized spacial score (nSPS) is 21.3. The summed E-state index contributed by atoms with van der Waals surface area (Å²) in [5.41, 5.74) is 0.875. The monoisotopic (exact) mass is 371 g/mol. The second-order valence-electron chi connectivity index (χ2n) is 7.09. The third-order valence-corrected chi connectivity index (χ3v) is 6.78. The van der Waals surface area contributed by atoms with Crippen molar-refractivity contribution in [3.63, 3.8) is 0 Å². The molecule has 1 aromatic rings. The number of hydrogen-bond donors (Lipinski definition) is 1. The number of hydrogen-bond acceptors (Lipinski definition) is 6. The first kappa shape index (κ1) is 18.8. The van der Waals surface area contributed by atoms with Crippen molar-refractivity contribution in [2.75, 3.05) is 32.1 Å². The van der Waals surface area contributed by atoms with E-state index in [2.05, 4.69) is 9.88 Å². The van der Waals surface area contributed by atoms with Crippen LogP contribution in [-0.4, -0.2) is 66.1 Å². The standard InChI is InChI=1S/C17H29N3O4S/c1-2-19(7-8-21)11-15-10-18-17(25(22,23)13-14-5-6-14)20(15)12-16-4-3-9-24-16/h10,14,16,21H,2-9,11-13H2,1H3. The van der Waals surface area contributed by atoms with Crippen LogP contribution in [0.25, 0.3) is 0 Å². The first-order chi connectivity index (χ1) is 12.0. The van der Waals surface area contributed by atoms with Crippen molar-refractivity contribution >= 4 is 9.84 Å². The van der Waals surface area contributed by atoms with E-state index in [0.29, 0.717) is 25.6 Å². The van der Waals surface area contributed by atoms with Crippen LogP contribution in [0.15, 0.2) is 11.4 Å². The molecule has 1 aromatic heterocycles. The highest BCUT2D eigenvalue weighted by Crippen LogP contribution is 2.32. The minimum absolute atomic E-state index is 0.0516. The number of aliphatic hydroxyl groups is 1. The number of aliphatic hydroxyl groups excluding tert-OH is 1. The Hall–Kier alpha value is -0.960. The lowest BCUT2D eigenvalue weighted by atomic mass is 10.2. The molecule has 0 amide bonds. The van der Waals surface area contributed by atoms with E-state index in [1.54, 1.807) is 6.20 Å². The molecule has 8 heteroatoms. The van der Waals surface area contributed by atoms with Crippen LogP contribution in [-0.2, 0) is 27.7 Å². The third-order valence-electron chi connectivity index (χ3n) is 4.99. The molecule has 1 saturated carbocycles. The van der Waals surface area contributed by atoms with Gasteiger partial charge in [-0.15, -0.1) is 0 Å². The maximum atomic E-state index is 12.8. The second-order valence-corrected chi connectivity index (χ2v) is 9.02. The molecular weight excluding hydrogens is 342 g/mol. The highest BCUT2D eigenvalue weighted by atomic mass is 32.2. The predicted molar refractivity (Wildman–Crippen MR) is 94.0 cm³/mol. The van der Waals surface area contributed by atoms with Crippen LogP contribution in [0.5, 0.6) is 0 Å². The first-order valence-electron chi connectivity index (χ1n) is 9.25. The van der Waals surface area contributed by atoms with Gasteiger partial charge in [0.1, 0.15) is 0 Å². The molecule has 1 aliphatic carbocycles. The molecule has 0 aromatic carbocycles. The van der Waals surface area contributed by atoms with Gasteiger partial charge in [-0.1, -0.05) is 6.92 Å². The Morgan fingerprint density at radius 2 is 2.20 bits per heavy atom.